The molecule has 35 heavy (non-hydrogen) atoms. The van der Waals surface area contributed by atoms with E-state index in [0.717, 1.165) is 18.4 Å². The molecule has 1 aliphatic heterocycles. The second kappa shape index (κ2) is 10.6. The minimum absolute atomic E-state index is 0.153. The molecule has 3 aromatic rings. The zero-order valence-corrected chi connectivity index (χ0v) is 19.9. The molecule has 1 aromatic heterocycles. The van der Waals surface area contributed by atoms with Gasteiger partial charge in [0.1, 0.15) is 23.4 Å². The lowest BCUT2D eigenvalue weighted by atomic mass is 10.1. The fraction of sp³-hybridized carbons (Fsp3) is 0.240. The number of rotatable bonds is 9. The summed E-state index contributed by atoms with van der Waals surface area (Å²) in [5.41, 5.74) is 1.19. The van der Waals surface area contributed by atoms with E-state index in [1.54, 1.807) is 48.7 Å². The summed E-state index contributed by atoms with van der Waals surface area (Å²) in [6.07, 6.45) is 3.67. The van der Waals surface area contributed by atoms with Crippen molar-refractivity contribution in [1.82, 2.24) is 15.0 Å². The summed E-state index contributed by atoms with van der Waals surface area (Å²) in [7, 11) is -3.68. The quantitative estimate of drug-likeness (QED) is 0.467. The Morgan fingerprint density at radius 1 is 1.17 bits per heavy atom. The van der Waals surface area contributed by atoms with Crippen LogP contribution in [0.4, 0.5) is 4.39 Å². The Labute approximate surface area is 203 Å². The van der Waals surface area contributed by atoms with Crippen molar-refractivity contribution >= 4 is 21.8 Å². The minimum Gasteiger partial charge on any atom is -0.439 e. The number of halogens is 1. The predicted molar refractivity (Wildman–Crippen MR) is 129 cm³/mol. The second-order valence-corrected chi connectivity index (χ2v) is 9.67. The molecule has 0 fully saturated rings. The number of sulfonamides is 1. The summed E-state index contributed by atoms with van der Waals surface area (Å²) in [5.74, 6) is 0.0922. The van der Waals surface area contributed by atoms with Crippen LogP contribution >= 0.6 is 0 Å². The SMILES string of the molecule is CCCCC(N=C1NS(=O)(=O)c2ccccc21)C(=O)NCc1ccc(Oc2cccc(F)c2)nc1. The molecule has 2 aromatic carbocycles. The molecular weight excluding hydrogens is 471 g/mol. The number of unbranched alkanes of at least 4 members (excludes halogenated alkanes) is 1. The van der Waals surface area contributed by atoms with Crippen molar-refractivity contribution in [3.63, 3.8) is 0 Å². The average Bonchev–Trinajstić information content (AvgIpc) is 3.11. The van der Waals surface area contributed by atoms with Crippen molar-refractivity contribution in [2.24, 2.45) is 4.99 Å². The Kier molecular flexibility index (Phi) is 7.40. The molecular formula is C25H25FN4O4S. The van der Waals surface area contributed by atoms with Gasteiger partial charge >= 0.3 is 0 Å². The summed E-state index contributed by atoms with van der Waals surface area (Å²) in [4.78, 5) is 21.8. The van der Waals surface area contributed by atoms with Crippen molar-refractivity contribution in [1.29, 1.82) is 0 Å². The third-order valence-electron chi connectivity index (χ3n) is 5.36. The number of carbonyl (C=O) groups is 1. The first-order chi connectivity index (χ1) is 16.9. The molecule has 0 saturated heterocycles. The maximum atomic E-state index is 13.3. The number of nitrogens with one attached hydrogen (secondary N) is 2. The number of benzene rings is 2. The van der Waals surface area contributed by atoms with Gasteiger partial charge in [-0.25, -0.2) is 17.8 Å². The molecule has 1 atom stereocenters. The summed E-state index contributed by atoms with van der Waals surface area (Å²) >= 11 is 0. The van der Waals surface area contributed by atoms with Crippen molar-refractivity contribution in [3.8, 4) is 11.6 Å². The van der Waals surface area contributed by atoms with E-state index in [1.807, 2.05) is 6.92 Å². The van der Waals surface area contributed by atoms with Gasteiger partial charge in [0.25, 0.3) is 10.0 Å². The van der Waals surface area contributed by atoms with Crippen LogP contribution in [-0.2, 0) is 21.4 Å². The number of carbonyl (C=O) groups excluding carboxylic acids is 1. The van der Waals surface area contributed by atoms with Gasteiger partial charge in [0, 0.05) is 30.4 Å². The van der Waals surface area contributed by atoms with E-state index in [2.05, 4.69) is 20.0 Å². The van der Waals surface area contributed by atoms with Crippen molar-refractivity contribution < 1.29 is 22.3 Å². The third kappa shape index (κ3) is 6.02. The number of amidine groups is 1. The number of aliphatic imine (C=N–C) groups is 1. The van der Waals surface area contributed by atoms with Crippen LogP contribution in [0.15, 0.2) is 76.7 Å². The molecule has 0 aliphatic carbocycles. The topological polar surface area (TPSA) is 110 Å². The monoisotopic (exact) mass is 496 g/mol. The highest BCUT2D eigenvalue weighted by Crippen LogP contribution is 2.23. The Hall–Kier alpha value is -3.79. The summed E-state index contributed by atoms with van der Waals surface area (Å²) < 4.78 is 46.0. The first kappa shape index (κ1) is 24.3. The molecule has 10 heteroatoms. The molecule has 1 amide bonds. The smallest absolute Gasteiger partial charge is 0.263 e. The number of hydrogen-bond donors (Lipinski definition) is 2. The van der Waals surface area contributed by atoms with Crippen LogP contribution in [0.5, 0.6) is 11.6 Å². The maximum absolute atomic E-state index is 13.3. The van der Waals surface area contributed by atoms with Crippen LogP contribution in [0.2, 0.25) is 0 Å². The summed E-state index contributed by atoms with van der Waals surface area (Å²) in [6, 6.07) is 14.9. The standard InChI is InChI=1S/C25H25FN4O4S/c1-2-3-10-21(29-24-20-9-4-5-11-22(20)35(32,33)30-24)25(31)28-16-17-12-13-23(27-15-17)34-19-8-6-7-18(26)14-19/h4-9,11-15,21H,2-3,10,16H2,1H3,(H,28,31)(H,29,30). The molecule has 182 valence electrons. The highest BCUT2D eigenvalue weighted by atomic mass is 32.2. The van der Waals surface area contributed by atoms with Crippen LogP contribution in [0.25, 0.3) is 0 Å². The fourth-order valence-corrected chi connectivity index (χ4v) is 4.81. The summed E-state index contributed by atoms with van der Waals surface area (Å²) in [5, 5.41) is 2.85. The zero-order chi connectivity index (χ0) is 24.8. The van der Waals surface area contributed by atoms with Crippen LogP contribution in [-0.4, -0.2) is 31.2 Å². The third-order valence-corrected chi connectivity index (χ3v) is 6.76. The van der Waals surface area contributed by atoms with Crippen LogP contribution < -0.4 is 14.8 Å². The van der Waals surface area contributed by atoms with Crippen molar-refractivity contribution in [3.05, 3.63) is 83.8 Å². The Morgan fingerprint density at radius 3 is 2.74 bits per heavy atom. The highest BCUT2D eigenvalue weighted by molar-refractivity contribution is 7.90. The number of hydrogen-bond acceptors (Lipinski definition) is 6. The van der Waals surface area contributed by atoms with Crippen LogP contribution in [0.3, 0.4) is 0 Å². The van der Waals surface area contributed by atoms with Gasteiger partial charge in [-0.1, -0.05) is 44.0 Å². The Balaban J connectivity index is 1.42. The van der Waals surface area contributed by atoms with E-state index >= 15 is 0 Å². The lowest BCUT2D eigenvalue weighted by molar-refractivity contribution is -0.122. The van der Waals surface area contributed by atoms with Gasteiger partial charge in [0.05, 0.1) is 4.90 Å². The molecule has 2 N–H and O–H groups in total. The van der Waals surface area contributed by atoms with Gasteiger partial charge in [-0.05, 0) is 36.2 Å². The minimum atomic E-state index is -3.68. The fourth-order valence-electron chi connectivity index (χ4n) is 3.57. The Bertz CT molecular complexity index is 1340. The number of aromatic nitrogens is 1. The lowest BCUT2D eigenvalue weighted by Gasteiger charge is -2.14. The highest BCUT2D eigenvalue weighted by Gasteiger charge is 2.31. The van der Waals surface area contributed by atoms with Gasteiger partial charge < -0.3 is 10.1 Å². The van der Waals surface area contributed by atoms with E-state index in [9.17, 15) is 17.6 Å². The molecule has 8 nitrogen and oxygen atoms in total. The number of pyridine rings is 1. The molecule has 0 radical (unpaired) electrons. The van der Waals surface area contributed by atoms with Crippen molar-refractivity contribution in [2.75, 3.05) is 0 Å². The van der Waals surface area contributed by atoms with E-state index in [-0.39, 0.29) is 23.2 Å². The first-order valence-corrected chi connectivity index (χ1v) is 12.7. The lowest BCUT2D eigenvalue weighted by Crippen LogP contribution is -2.35. The molecule has 0 spiro atoms. The van der Waals surface area contributed by atoms with Gasteiger partial charge in [-0.3, -0.25) is 14.5 Å². The van der Waals surface area contributed by atoms with Gasteiger partial charge in [-0.2, -0.15) is 0 Å². The van der Waals surface area contributed by atoms with E-state index in [1.165, 1.54) is 18.2 Å². The van der Waals surface area contributed by atoms with Gasteiger partial charge in [0.15, 0.2) is 0 Å². The maximum Gasteiger partial charge on any atom is 0.263 e. The molecule has 0 saturated carbocycles. The van der Waals surface area contributed by atoms with Crippen LogP contribution in [0.1, 0.15) is 37.3 Å². The van der Waals surface area contributed by atoms with Crippen LogP contribution in [0, 0.1) is 5.82 Å². The average molecular weight is 497 g/mol. The number of nitrogens with zero attached hydrogens (tertiary/aromatic N) is 2. The first-order valence-electron chi connectivity index (χ1n) is 11.2. The second-order valence-electron chi connectivity index (χ2n) is 8.02. The molecule has 2 heterocycles. The number of amides is 1. The molecule has 0 bridgehead atoms. The van der Waals surface area contributed by atoms with E-state index < -0.39 is 21.9 Å². The summed E-state index contributed by atoms with van der Waals surface area (Å²) in [6.45, 7) is 2.22. The Morgan fingerprint density at radius 2 is 2.00 bits per heavy atom. The number of ether oxygens (including phenoxy) is 1. The molecule has 1 unspecified atom stereocenters. The van der Waals surface area contributed by atoms with E-state index in [4.69, 9.17) is 4.74 Å². The number of fused-ring (bicyclic) bond motifs is 1. The molecule has 4 rings (SSSR count). The normalized spacial score (nSPS) is 15.8. The van der Waals surface area contributed by atoms with Gasteiger partial charge in [-0.15, -0.1) is 0 Å². The predicted octanol–water partition coefficient (Wildman–Crippen LogP) is 3.93. The molecule has 1 aliphatic rings. The van der Waals surface area contributed by atoms with E-state index in [0.29, 0.717) is 23.6 Å². The largest absolute Gasteiger partial charge is 0.439 e. The van der Waals surface area contributed by atoms with Crippen molar-refractivity contribution in [2.45, 2.75) is 43.7 Å². The van der Waals surface area contributed by atoms with Gasteiger partial charge in [0.2, 0.25) is 11.8 Å². The zero-order valence-electron chi connectivity index (χ0n) is 19.1.